The summed E-state index contributed by atoms with van der Waals surface area (Å²) >= 11 is 1.47. The van der Waals surface area contributed by atoms with Crippen LogP contribution in [0, 0.1) is 6.92 Å². The van der Waals surface area contributed by atoms with Gasteiger partial charge in [0.05, 0.1) is 11.4 Å². The highest BCUT2D eigenvalue weighted by Gasteiger charge is 2.24. The number of aryl methyl sites for hydroxylation is 2. The van der Waals surface area contributed by atoms with Gasteiger partial charge in [0.1, 0.15) is 5.75 Å². The van der Waals surface area contributed by atoms with Gasteiger partial charge >= 0.3 is 0 Å². The fraction of sp³-hybridized carbons (Fsp3) is 0.227. The van der Waals surface area contributed by atoms with Crippen molar-refractivity contribution in [2.45, 2.75) is 20.3 Å². The van der Waals surface area contributed by atoms with Gasteiger partial charge in [0.25, 0.3) is 11.8 Å². The molecule has 4 rings (SSSR count). The molecule has 1 N–H and O–H groups in total. The highest BCUT2D eigenvalue weighted by Crippen LogP contribution is 2.38. The second-order valence-electron chi connectivity index (χ2n) is 6.84. The zero-order valence-corrected chi connectivity index (χ0v) is 17.3. The molecular weight excluding hydrogens is 386 g/mol. The molecule has 0 saturated carbocycles. The van der Waals surface area contributed by atoms with Crippen LogP contribution in [0.1, 0.15) is 27.7 Å². The molecule has 7 heteroatoms. The topological polar surface area (TPSA) is 71.5 Å². The smallest absolute Gasteiger partial charge is 0.264 e. The van der Waals surface area contributed by atoms with E-state index in [4.69, 9.17) is 4.74 Å². The molecule has 0 atom stereocenters. The number of amides is 2. The van der Waals surface area contributed by atoms with Crippen LogP contribution in [-0.4, -0.2) is 30.5 Å². The summed E-state index contributed by atoms with van der Waals surface area (Å²) in [6, 6.07) is 13.2. The average Bonchev–Trinajstić information content (AvgIpc) is 3.13. The van der Waals surface area contributed by atoms with Crippen molar-refractivity contribution < 1.29 is 14.3 Å². The van der Waals surface area contributed by atoms with E-state index in [-0.39, 0.29) is 18.4 Å². The van der Waals surface area contributed by atoms with Gasteiger partial charge in [-0.2, -0.15) is 0 Å². The maximum atomic E-state index is 12.6. The van der Waals surface area contributed by atoms with Crippen molar-refractivity contribution in [2.75, 3.05) is 23.9 Å². The van der Waals surface area contributed by atoms with Gasteiger partial charge in [0, 0.05) is 23.1 Å². The second-order valence-corrected chi connectivity index (χ2v) is 7.92. The average molecular weight is 407 g/mol. The molecule has 2 heterocycles. The number of nitrogens with one attached hydrogen (secondary N) is 1. The van der Waals surface area contributed by atoms with E-state index in [0.29, 0.717) is 16.4 Å². The van der Waals surface area contributed by atoms with Crippen LogP contribution < -0.4 is 15.0 Å². The van der Waals surface area contributed by atoms with E-state index in [1.165, 1.54) is 11.3 Å². The lowest BCUT2D eigenvalue weighted by Crippen LogP contribution is -2.35. The number of carbonyl (C=O) groups is 2. The second kappa shape index (κ2) is 7.67. The quantitative estimate of drug-likeness (QED) is 0.700. The Labute approximate surface area is 173 Å². The zero-order chi connectivity index (χ0) is 20.5. The maximum Gasteiger partial charge on any atom is 0.264 e. The molecule has 2 amide bonds. The summed E-state index contributed by atoms with van der Waals surface area (Å²) in [5.74, 6) is 0.419. The third kappa shape index (κ3) is 3.61. The minimum Gasteiger partial charge on any atom is -0.482 e. The summed E-state index contributed by atoms with van der Waals surface area (Å²) in [6.07, 6.45) is 0.787. The first kappa shape index (κ1) is 19.1. The SMILES string of the molecule is CCc1sc(NC(=O)c2ccccc2C)nc1-c1ccc2c(c1)N(C)C(=O)CO2. The van der Waals surface area contributed by atoms with Crippen molar-refractivity contribution in [2.24, 2.45) is 0 Å². The number of thiazole rings is 1. The molecule has 29 heavy (non-hydrogen) atoms. The predicted molar refractivity (Wildman–Crippen MR) is 115 cm³/mol. The van der Waals surface area contributed by atoms with E-state index in [9.17, 15) is 9.59 Å². The summed E-state index contributed by atoms with van der Waals surface area (Å²) in [7, 11) is 1.74. The van der Waals surface area contributed by atoms with Crippen LogP contribution in [-0.2, 0) is 11.2 Å². The minimum absolute atomic E-state index is 0.0504. The monoisotopic (exact) mass is 407 g/mol. The summed E-state index contributed by atoms with van der Waals surface area (Å²) in [4.78, 5) is 31.9. The third-order valence-corrected chi connectivity index (χ3v) is 6.06. The number of carbonyl (C=O) groups excluding carboxylic acids is 2. The molecule has 2 aromatic carbocycles. The molecule has 1 aliphatic rings. The first-order valence-corrected chi connectivity index (χ1v) is 10.2. The van der Waals surface area contributed by atoms with Gasteiger partial charge in [-0.15, -0.1) is 11.3 Å². The van der Waals surface area contributed by atoms with E-state index in [1.54, 1.807) is 18.0 Å². The lowest BCUT2D eigenvalue weighted by atomic mass is 10.1. The Morgan fingerprint density at radius 2 is 2.07 bits per heavy atom. The summed E-state index contributed by atoms with van der Waals surface area (Å²) in [6.45, 7) is 4.02. The van der Waals surface area contributed by atoms with Crippen LogP contribution >= 0.6 is 11.3 Å². The Morgan fingerprint density at radius 3 is 2.83 bits per heavy atom. The summed E-state index contributed by atoms with van der Waals surface area (Å²) in [5.41, 5.74) is 3.97. The number of benzene rings is 2. The molecule has 1 aliphatic heterocycles. The standard InChI is InChI=1S/C22H21N3O3S/c1-4-18-20(14-9-10-17-16(11-14)25(3)19(26)12-28-17)23-22(29-18)24-21(27)15-8-6-5-7-13(15)2/h5-11H,4,12H2,1-3H3,(H,23,24,27). The van der Waals surface area contributed by atoms with Crippen molar-refractivity contribution in [1.29, 1.82) is 0 Å². The van der Waals surface area contributed by atoms with Crippen molar-refractivity contribution in [1.82, 2.24) is 4.98 Å². The normalized spacial score (nSPS) is 13.1. The third-order valence-electron chi connectivity index (χ3n) is 4.95. The number of nitrogens with zero attached hydrogens (tertiary/aromatic N) is 2. The molecule has 0 unspecified atom stereocenters. The number of aromatic nitrogens is 1. The molecule has 0 bridgehead atoms. The highest BCUT2D eigenvalue weighted by atomic mass is 32.1. The minimum atomic E-state index is -0.171. The van der Waals surface area contributed by atoms with Gasteiger partial charge in [-0.1, -0.05) is 25.1 Å². The Balaban J connectivity index is 1.66. The number of hydrogen-bond donors (Lipinski definition) is 1. The number of fused-ring (bicyclic) bond motifs is 1. The maximum absolute atomic E-state index is 12.6. The molecular formula is C22H21N3O3S. The van der Waals surface area contributed by atoms with Crippen LogP contribution in [0.15, 0.2) is 42.5 Å². The van der Waals surface area contributed by atoms with E-state index >= 15 is 0 Å². The number of likely N-dealkylation sites (N-methyl/N-ethyl adjacent to an activating group) is 1. The Bertz CT molecular complexity index is 1110. The van der Waals surface area contributed by atoms with Crippen molar-refractivity contribution in [3.8, 4) is 17.0 Å². The van der Waals surface area contributed by atoms with Crippen LogP contribution in [0.4, 0.5) is 10.8 Å². The molecule has 0 fully saturated rings. The van der Waals surface area contributed by atoms with Crippen LogP contribution in [0.3, 0.4) is 0 Å². The Morgan fingerprint density at radius 1 is 1.28 bits per heavy atom. The fourth-order valence-electron chi connectivity index (χ4n) is 3.28. The molecule has 0 saturated heterocycles. The van der Waals surface area contributed by atoms with E-state index in [1.807, 2.05) is 43.3 Å². The number of hydrogen-bond acceptors (Lipinski definition) is 5. The van der Waals surface area contributed by atoms with Gasteiger partial charge in [0.15, 0.2) is 11.7 Å². The summed E-state index contributed by atoms with van der Waals surface area (Å²) < 4.78 is 5.51. The van der Waals surface area contributed by atoms with Crippen LogP contribution in [0.25, 0.3) is 11.3 Å². The Kier molecular flexibility index (Phi) is 5.07. The van der Waals surface area contributed by atoms with E-state index in [0.717, 1.165) is 33.8 Å². The first-order chi connectivity index (χ1) is 14.0. The van der Waals surface area contributed by atoms with E-state index < -0.39 is 0 Å². The zero-order valence-electron chi connectivity index (χ0n) is 16.5. The van der Waals surface area contributed by atoms with E-state index in [2.05, 4.69) is 17.2 Å². The largest absolute Gasteiger partial charge is 0.482 e. The molecule has 0 spiro atoms. The van der Waals surface area contributed by atoms with Gasteiger partial charge in [-0.3, -0.25) is 14.9 Å². The lowest BCUT2D eigenvalue weighted by molar-refractivity contribution is -0.120. The molecule has 1 aromatic heterocycles. The fourth-order valence-corrected chi connectivity index (χ4v) is 4.20. The van der Waals surface area contributed by atoms with Crippen molar-refractivity contribution in [3.05, 3.63) is 58.5 Å². The van der Waals surface area contributed by atoms with Gasteiger partial charge in [-0.25, -0.2) is 4.98 Å². The first-order valence-electron chi connectivity index (χ1n) is 9.38. The number of anilines is 2. The molecule has 6 nitrogen and oxygen atoms in total. The highest BCUT2D eigenvalue weighted by molar-refractivity contribution is 7.16. The van der Waals surface area contributed by atoms with Gasteiger partial charge in [0.2, 0.25) is 0 Å². The van der Waals surface area contributed by atoms with Crippen LogP contribution in [0.5, 0.6) is 5.75 Å². The molecule has 0 radical (unpaired) electrons. The predicted octanol–water partition coefficient (Wildman–Crippen LogP) is 4.29. The molecule has 3 aromatic rings. The number of ether oxygens (including phenoxy) is 1. The van der Waals surface area contributed by atoms with Gasteiger partial charge in [-0.05, 0) is 43.2 Å². The van der Waals surface area contributed by atoms with Crippen molar-refractivity contribution in [3.63, 3.8) is 0 Å². The Hall–Kier alpha value is -3.19. The summed E-state index contributed by atoms with van der Waals surface area (Å²) in [5, 5.41) is 3.48. The molecule has 0 aliphatic carbocycles. The number of rotatable bonds is 4. The van der Waals surface area contributed by atoms with Crippen LogP contribution in [0.2, 0.25) is 0 Å². The van der Waals surface area contributed by atoms with Gasteiger partial charge < -0.3 is 9.64 Å². The van der Waals surface area contributed by atoms with Crippen molar-refractivity contribution >= 4 is 34.0 Å². The lowest BCUT2D eigenvalue weighted by Gasteiger charge is -2.26. The molecule has 148 valence electrons.